The monoisotopic (exact) mass is 296 g/mol. The SMILES string of the molecule is CC.CSC.OCCCc1ccc(C(F)(F)F)cc1. The minimum absolute atomic E-state index is 0.0566. The number of aliphatic hydroxyl groups excluding tert-OH is 1. The van der Waals surface area contributed by atoms with E-state index in [0.29, 0.717) is 12.8 Å². The van der Waals surface area contributed by atoms with Crippen LogP contribution in [0.15, 0.2) is 24.3 Å². The van der Waals surface area contributed by atoms with E-state index in [-0.39, 0.29) is 6.61 Å². The van der Waals surface area contributed by atoms with E-state index in [1.54, 1.807) is 11.8 Å². The Morgan fingerprint density at radius 2 is 1.47 bits per heavy atom. The van der Waals surface area contributed by atoms with Crippen molar-refractivity contribution in [3.63, 3.8) is 0 Å². The van der Waals surface area contributed by atoms with Crippen molar-refractivity contribution in [3.8, 4) is 0 Å². The van der Waals surface area contributed by atoms with Crippen molar-refractivity contribution in [1.29, 1.82) is 0 Å². The molecule has 1 aromatic carbocycles. The Morgan fingerprint density at radius 3 is 1.79 bits per heavy atom. The van der Waals surface area contributed by atoms with Gasteiger partial charge in [0.25, 0.3) is 0 Å². The predicted octanol–water partition coefficient (Wildman–Crippen LogP) is 4.64. The summed E-state index contributed by atoms with van der Waals surface area (Å²) < 4.78 is 36.4. The lowest BCUT2D eigenvalue weighted by atomic mass is 10.1. The second-order valence-corrected chi connectivity index (χ2v) is 4.25. The summed E-state index contributed by atoms with van der Waals surface area (Å²) in [7, 11) is 0. The fraction of sp³-hybridized carbons (Fsp3) is 0.571. The zero-order valence-electron chi connectivity index (χ0n) is 11.9. The highest BCUT2D eigenvalue weighted by Gasteiger charge is 2.29. The fourth-order valence-corrected chi connectivity index (χ4v) is 1.14. The van der Waals surface area contributed by atoms with Gasteiger partial charge in [-0.2, -0.15) is 24.9 Å². The quantitative estimate of drug-likeness (QED) is 0.877. The summed E-state index contributed by atoms with van der Waals surface area (Å²) in [4.78, 5) is 0. The summed E-state index contributed by atoms with van der Waals surface area (Å²) in [5.74, 6) is 0. The van der Waals surface area contributed by atoms with Gasteiger partial charge < -0.3 is 5.11 Å². The summed E-state index contributed by atoms with van der Waals surface area (Å²) >= 11 is 1.75. The van der Waals surface area contributed by atoms with Gasteiger partial charge in [-0.1, -0.05) is 26.0 Å². The van der Waals surface area contributed by atoms with Gasteiger partial charge in [-0.3, -0.25) is 0 Å². The molecular weight excluding hydrogens is 273 g/mol. The number of aryl methyl sites for hydroxylation is 1. The molecular formula is C14H23F3OS. The molecule has 1 rings (SSSR count). The van der Waals surface area contributed by atoms with E-state index < -0.39 is 11.7 Å². The van der Waals surface area contributed by atoms with Crippen molar-refractivity contribution < 1.29 is 18.3 Å². The van der Waals surface area contributed by atoms with Crippen molar-refractivity contribution in [2.75, 3.05) is 19.1 Å². The van der Waals surface area contributed by atoms with Gasteiger partial charge in [0.2, 0.25) is 0 Å². The lowest BCUT2D eigenvalue weighted by molar-refractivity contribution is -0.137. The minimum Gasteiger partial charge on any atom is -0.396 e. The van der Waals surface area contributed by atoms with Crippen LogP contribution in [0.3, 0.4) is 0 Å². The molecule has 0 bridgehead atoms. The summed E-state index contributed by atoms with van der Waals surface area (Å²) in [6.45, 7) is 4.06. The van der Waals surface area contributed by atoms with Crippen molar-refractivity contribution in [2.24, 2.45) is 0 Å². The van der Waals surface area contributed by atoms with Crippen LogP contribution in [0.25, 0.3) is 0 Å². The molecule has 0 fully saturated rings. The molecule has 0 aliphatic rings. The topological polar surface area (TPSA) is 20.2 Å². The summed E-state index contributed by atoms with van der Waals surface area (Å²) in [6, 6.07) is 5.01. The minimum atomic E-state index is -4.27. The number of hydrogen-bond donors (Lipinski definition) is 1. The first-order chi connectivity index (χ1) is 8.95. The van der Waals surface area contributed by atoms with E-state index in [1.807, 2.05) is 26.4 Å². The summed E-state index contributed by atoms with van der Waals surface area (Å²) in [6.07, 6.45) is 0.996. The third-order valence-corrected chi connectivity index (χ3v) is 1.90. The normalized spacial score (nSPS) is 9.89. The van der Waals surface area contributed by atoms with E-state index >= 15 is 0 Å². The molecule has 0 amide bonds. The third kappa shape index (κ3) is 10.9. The van der Waals surface area contributed by atoms with Crippen LogP contribution in [0, 0.1) is 0 Å². The van der Waals surface area contributed by atoms with E-state index in [2.05, 4.69) is 0 Å². The van der Waals surface area contributed by atoms with Gasteiger partial charge in [0, 0.05) is 6.61 Å². The number of alkyl halides is 3. The van der Waals surface area contributed by atoms with Crippen LogP contribution in [0.5, 0.6) is 0 Å². The molecule has 19 heavy (non-hydrogen) atoms. The van der Waals surface area contributed by atoms with Gasteiger partial charge in [0.05, 0.1) is 5.56 Å². The van der Waals surface area contributed by atoms with Crippen LogP contribution in [0.1, 0.15) is 31.4 Å². The van der Waals surface area contributed by atoms with Crippen LogP contribution in [-0.2, 0) is 12.6 Å². The first-order valence-electron chi connectivity index (χ1n) is 6.12. The Bertz CT molecular complexity index is 297. The molecule has 1 nitrogen and oxygen atoms in total. The Labute approximate surface area is 118 Å². The highest BCUT2D eigenvalue weighted by atomic mass is 32.2. The van der Waals surface area contributed by atoms with E-state index in [9.17, 15) is 13.2 Å². The zero-order valence-corrected chi connectivity index (χ0v) is 12.7. The maximum atomic E-state index is 12.1. The number of aliphatic hydroxyl groups is 1. The van der Waals surface area contributed by atoms with Gasteiger partial charge in [-0.15, -0.1) is 0 Å². The molecule has 5 heteroatoms. The lowest BCUT2D eigenvalue weighted by Crippen LogP contribution is -2.04. The van der Waals surface area contributed by atoms with Gasteiger partial charge in [0.1, 0.15) is 0 Å². The maximum Gasteiger partial charge on any atom is 0.416 e. The molecule has 1 aromatic rings. The Kier molecular flexibility index (Phi) is 13.4. The fourth-order valence-electron chi connectivity index (χ4n) is 1.14. The van der Waals surface area contributed by atoms with E-state index in [4.69, 9.17) is 5.11 Å². The van der Waals surface area contributed by atoms with Crippen LogP contribution in [-0.4, -0.2) is 24.2 Å². The standard InChI is InChI=1S/C10H11F3O.C2H6S.C2H6/c11-10(12,13)9-5-3-8(4-6-9)2-1-7-14;1-3-2;1-2/h3-6,14H,1-2,7H2;1-2H3;1-2H3. The molecule has 0 saturated heterocycles. The van der Waals surface area contributed by atoms with Crippen LogP contribution in [0.4, 0.5) is 13.2 Å². The molecule has 0 aliphatic heterocycles. The van der Waals surface area contributed by atoms with Gasteiger partial charge in [-0.05, 0) is 43.0 Å². The Balaban J connectivity index is 0. The number of halogens is 3. The highest BCUT2D eigenvalue weighted by molar-refractivity contribution is 7.97. The first kappa shape index (κ1) is 20.6. The van der Waals surface area contributed by atoms with Crippen LogP contribution < -0.4 is 0 Å². The van der Waals surface area contributed by atoms with Crippen molar-refractivity contribution >= 4 is 11.8 Å². The summed E-state index contributed by atoms with van der Waals surface area (Å²) in [5, 5.41) is 8.53. The molecule has 1 N–H and O–H groups in total. The number of thioether (sulfide) groups is 1. The highest BCUT2D eigenvalue weighted by Crippen LogP contribution is 2.29. The molecule has 112 valence electrons. The first-order valence-corrected chi connectivity index (χ1v) is 7.76. The van der Waals surface area contributed by atoms with Crippen molar-refractivity contribution in [1.82, 2.24) is 0 Å². The largest absolute Gasteiger partial charge is 0.416 e. The molecule has 0 spiro atoms. The molecule has 0 aliphatic carbocycles. The van der Waals surface area contributed by atoms with Crippen LogP contribution >= 0.6 is 11.8 Å². The van der Waals surface area contributed by atoms with Crippen molar-refractivity contribution in [3.05, 3.63) is 35.4 Å². The van der Waals surface area contributed by atoms with Crippen LogP contribution in [0.2, 0.25) is 0 Å². The molecule has 0 atom stereocenters. The Morgan fingerprint density at radius 1 is 1.05 bits per heavy atom. The van der Waals surface area contributed by atoms with Gasteiger partial charge in [0.15, 0.2) is 0 Å². The van der Waals surface area contributed by atoms with E-state index in [0.717, 1.165) is 17.7 Å². The maximum absolute atomic E-state index is 12.1. The average Bonchev–Trinajstić information content (AvgIpc) is 2.39. The molecule has 0 radical (unpaired) electrons. The second kappa shape index (κ2) is 12.4. The summed E-state index contributed by atoms with van der Waals surface area (Å²) in [5.41, 5.74) is 0.178. The molecule has 0 saturated carbocycles. The number of benzene rings is 1. The number of hydrogen-bond acceptors (Lipinski definition) is 2. The van der Waals surface area contributed by atoms with Gasteiger partial charge in [-0.25, -0.2) is 0 Å². The number of rotatable bonds is 3. The molecule has 0 aromatic heterocycles. The molecule has 0 unspecified atom stereocenters. The van der Waals surface area contributed by atoms with E-state index in [1.165, 1.54) is 12.1 Å². The smallest absolute Gasteiger partial charge is 0.396 e. The molecule has 0 heterocycles. The van der Waals surface area contributed by atoms with Crippen molar-refractivity contribution in [2.45, 2.75) is 32.9 Å². The third-order valence-electron chi connectivity index (χ3n) is 1.90. The van der Waals surface area contributed by atoms with Gasteiger partial charge >= 0.3 is 6.18 Å². The Hall–Kier alpha value is -0.680. The zero-order chi connectivity index (χ0) is 15.3. The second-order valence-electron chi connectivity index (χ2n) is 3.43. The lowest BCUT2D eigenvalue weighted by Gasteiger charge is -2.06. The average molecular weight is 296 g/mol. The predicted molar refractivity (Wildman–Crippen MR) is 77.6 cm³/mol.